The summed E-state index contributed by atoms with van der Waals surface area (Å²) in [5.41, 5.74) is 1.96. The number of nitrogens with zero attached hydrogens (tertiary/aromatic N) is 1. The van der Waals surface area contributed by atoms with E-state index < -0.39 is 6.10 Å². The summed E-state index contributed by atoms with van der Waals surface area (Å²) in [7, 11) is 0. The average molecular weight is 402 g/mol. The van der Waals surface area contributed by atoms with Crippen LogP contribution < -0.4 is 4.74 Å². The van der Waals surface area contributed by atoms with Crippen LogP contribution in [0.5, 0.6) is 11.5 Å². The zero-order valence-electron chi connectivity index (χ0n) is 17.5. The maximum Gasteiger partial charge on any atom is 0.311 e. The molecule has 2 aliphatic rings. The van der Waals surface area contributed by atoms with Crippen LogP contribution in [0, 0.1) is 28.6 Å². The van der Waals surface area contributed by atoms with Crippen molar-refractivity contribution in [3.05, 3.63) is 71.8 Å². The van der Waals surface area contributed by atoms with Crippen molar-refractivity contribution in [2.75, 3.05) is 0 Å². The van der Waals surface area contributed by atoms with Crippen molar-refractivity contribution in [1.29, 1.82) is 5.26 Å². The Morgan fingerprint density at radius 1 is 1.10 bits per heavy atom. The molecule has 0 aliphatic heterocycles. The van der Waals surface area contributed by atoms with E-state index in [-0.39, 0.29) is 23.2 Å². The molecule has 2 saturated carbocycles. The second kappa shape index (κ2) is 8.36. The van der Waals surface area contributed by atoms with Crippen LogP contribution in [0.15, 0.2) is 66.2 Å². The van der Waals surface area contributed by atoms with Gasteiger partial charge in [0.1, 0.15) is 17.6 Å². The molecule has 2 aliphatic carbocycles. The van der Waals surface area contributed by atoms with Gasteiger partial charge in [0, 0.05) is 5.56 Å². The number of allylic oxidation sites excluding steroid dienone is 2. The molecule has 4 nitrogen and oxygen atoms in total. The first-order valence-electron chi connectivity index (χ1n) is 10.6. The van der Waals surface area contributed by atoms with E-state index in [0.717, 1.165) is 12.8 Å². The van der Waals surface area contributed by atoms with Gasteiger partial charge in [0.05, 0.1) is 5.92 Å². The molecule has 2 aromatic carbocycles. The number of para-hydroxylation sites is 1. The Labute approximate surface area is 178 Å². The lowest BCUT2D eigenvalue weighted by Gasteiger charge is -2.13. The second-order valence-electron chi connectivity index (χ2n) is 8.79. The Morgan fingerprint density at radius 2 is 1.80 bits per heavy atom. The van der Waals surface area contributed by atoms with Gasteiger partial charge in [-0.3, -0.25) is 4.79 Å². The highest BCUT2D eigenvalue weighted by Crippen LogP contribution is 2.60. The maximum absolute atomic E-state index is 12.9. The van der Waals surface area contributed by atoms with Gasteiger partial charge in [-0.25, -0.2) is 0 Å². The van der Waals surface area contributed by atoms with Crippen molar-refractivity contribution in [2.45, 2.75) is 45.6 Å². The smallest absolute Gasteiger partial charge is 0.311 e. The van der Waals surface area contributed by atoms with Gasteiger partial charge in [-0.05, 0) is 61.3 Å². The zero-order chi connectivity index (χ0) is 21.1. The van der Waals surface area contributed by atoms with E-state index in [1.54, 1.807) is 18.2 Å². The molecule has 0 N–H and O–H groups in total. The third kappa shape index (κ3) is 4.26. The van der Waals surface area contributed by atoms with Gasteiger partial charge in [0.15, 0.2) is 0 Å². The fourth-order valence-corrected chi connectivity index (χ4v) is 4.41. The fourth-order valence-electron chi connectivity index (χ4n) is 4.41. The molecule has 0 unspecified atom stereocenters. The third-order valence-electron chi connectivity index (χ3n) is 6.32. The minimum atomic E-state index is -0.951. The molecule has 0 amide bonds. The SMILES string of the molecule is CC1(C)[C@H](C=C2CCCC2)[C@H]1C(=O)O[C@H](C#N)c1cccc(Oc2ccccc2)c1. The Balaban J connectivity index is 1.45. The number of carbonyl (C=O) groups is 1. The van der Waals surface area contributed by atoms with E-state index in [1.165, 1.54) is 18.4 Å². The van der Waals surface area contributed by atoms with Crippen molar-refractivity contribution in [3.63, 3.8) is 0 Å². The van der Waals surface area contributed by atoms with Crippen LogP contribution in [0.2, 0.25) is 0 Å². The number of hydrogen-bond acceptors (Lipinski definition) is 4. The molecule has 4 rings (SSSR count). The van der Waals surface area contributed by atoms with E-state index in [0.29, 0.717) is 17.1 Å². The highest BCUT2D eigenvalue weighted by molar-refractivity contribution is 5.78. The zero-order valence-corrected chi connectivity index (χ0v) is 17.5. The first-order chi connectivity index (χ1) is 14.5. The molecule has 0 saturated heterocycles. The van der Waals surface area contributed by atoms with Crippen LogP contribution in [0.3, 0.4) is 0 Å². The van der Waals surface area contributed by atoms with E-state index in [2.05, 4.69) is 26.0 Å². The Hall–Kier alpha value is -3.06. The number of rotatable bonds is 6. The molecule has 0 aromatic heterocycles. The third-order valence-corrected chi connectivity index (χ3v) is 6.32. The Morgan fingerprint density at radius 3 is 2.50 bits per heavy atom. The summed E-state index contributed by atoms with van der Waals surface area (Å²) in [6, 6.07) is 18.7. The lowest BCUT2D eigenvalue weighted by molar-refractivity contribution is -0.149. The number of ether oxygens (including phenoxy) is 2. The van der Waals surface area contributed by atoms with Gasteiger partial charge in [-0.15, -0.1) is 0 Å². The van der Waals surface area contributed by atoms with Crippen molar-refractivity contribution in [2.24, 2.45) is 17.3 Å². The molecule has 4 heteroatoms. The van der Waals surface area contributed by atoms with Crippen molar-refractivity contribution < 1.29 is 14.3 Å². The summed E-state index contributed by atoms with van der Waals surface area (Å²) in [4.78, 5) is 12.9. The average Bonchev–Trinajstić information content (AvgIpc) is 3.07. The number of hydrogen-bond donors (Lipinski definition) is 0. The number of carbonyl (C=O) groups excluding carboxylic acids is 1. The monoisotopic (exact) mass is 401 g/mol. The summed E-state index contributed by atoms with van der Waals surface area (Å²) in [6.45, 7) is 4.20. The Bertz CT molecular complexity index is 979. The molecule has 2 aromatic rings. The number of esters is 1. The number of benzene rings is 2. The summed E-state index contributed by atoms with van der Waals surface area (Å²) in [5, 5.41) is 9.66. The molecule has 3 atom stereocenters. The Kier molecular flexibility index (Phi) is 5.63. The van der Waals surface area contributed by atoms with Gasteiger partial charge >= 0.3 is 5.97 Å². The van der Waals surface area contributed by atoms with Crippen molar-refractivity contribution in [1.82, 2.24) is 0 Å². The minimum Gasteiger partial charge on any atom is -0.457 e. The summed E-state index contributed by atoms with van der Waals surface area (Å²) in [5.74, 6) is 1.03. The van der Waals surface area contributed by atoms with Crippen LogP contribution in [-0.2, 0) is 9.53 Å². The summed E-state index contributed by atoms with van der Waals surface area (Å²) >= 11 is 0. The summed E-state index contributed by atoms with van der Waals surface area (Å²) < 4.78 is 11.5. The van der Waals surface area contributed by atoms with E-state index in [1.807, 2.05) is 36.4 Å². The number of nitriles is 1. The first-order valence-corrected chi connectivity index (χ1v) is 10.6. The molecular formula is C26H27NO3. The van der Waals surface area contributed by atoms with Crippen LogP contribution >= 0.6 is 0 Å². The topological polar surface area (TPSA) is 59.3 Å². The van der Waals surface area contributed by atoms with Crippen LogP contribution in [0.1, 0.15) is 51.2 Å². The highest BCUT2D eigenvalue weighted by atomic mass is 16.5. The standard InChI is InChI=1S/C26H27NO3/c1-26(2)22(15-18-9-6-7-10-18)24(26)25(28)30-23(17-27)19-11-8-14-21(16-19)29-20-12-4-3-5-13-20/h3-5,8,11-16,22-24H,6-7,9-10H2,1-2H3/t22-,23-,24+/m1/s1. The molecule has 0 bridgehead atoms. The van der Waals surface area contributed by atoms with Crippen LogP contribution in [-0.4, -0.2) is 5.97 Å². The van der Waals surface area contributed by atoms with E-state index in [9.17, 15) is 10.1 Å². The van der Waals surface area contributed by atoms with Crippen molar-refractivity contribution in [3.8, 4) is 17.6 Å². The van der Waals surface area contributed by atoms with Gasteiger partial charge in [-0.1, -0.05) is 55.8 Å². The van der Waals surface area contributed by atoms with Crippen LogP contribution in [0.25, 0.3) is 0 Å². The van der Waals surface area contributed by atoms with Gasteiger partial charge < -0.3 is 9.47 Å². The fraction of sp³-hybridized carbons (Fsp3) is 0.385. The largest absolute Gasteiger partial charge is 0.457 e. The quantitative estimate of drug-likeness (QED) is 0.417. The molecule has 0 radical (unpaired) electrons. The van der Waals surface area contributed by atoms with Gasteiger partial charge in [0.2, 0.25) is 6.10 Å². The van der Waals surface area contributed by atoms with Gasteiger partial charge in [-0.2, -0.15) is 5.26 Å². The summed E-state index contributed by atoms with van der Waals surface area (Å²) in [6.07, 6.45) is 6.10. The minimum absolute atomic E-state index is 0.120. The lowest BCUT2D eigenvalue weighted by atomic mass is 10.1. The first kappa shape index (κ1) is 20.2. The molecule has 0 heterocycles. The second-order valence-corrected chi connectivity index (χ2v) is 8.79. The van der Waals surface area contributed by atoms with E-state index >= 15 is 0 Å². The van der Waals surface area contributed by atoms with Crippen LogP contribution in [0.4, 0.5) is 0 Å². The maximum atomic E-state index is 12.9. The predicted octanol–water partition coefficient (Wildman–Crippen LogP) is 6.36. The predicted molar refractivity (Wildman–Crippen MR) is 115 cm³/mol. The van der Waals surface area contributed by atoms with E-state index in [4.69, 9.17) is 9.47 Å². The molecular weight excluding hydrogens is 374 g/mol. The molecule has 154 valence electrons. The molecule has 0 spiro atoms. The molecule has 30 heavy (non-hydrogen) atoms. The van der Waals surface area contributed by atoms with Crippen molar-refractivity contribution >= 4 is 5.97 Å². The van der Waals surface area contributed by atoms with Gasteiger partial charge in [0.25, 0.3) is 0 Å². The normalized spacial score (nSPS) is 22.6. The molecule has 2 fully saturated rings. The lowest BCUT2D eigenvalue weighted by Crippen LogP contribution is -2.14. The highest BCUT2D eigenvalue weighted by Gasteiger charge is 2.61.